The van der Waals surface area contributed by atoms with Crippen LogP contribution < -0.4 is 5.56 Å². The number of carbonyl (C=O) groups is 1. The smallest absolute Gasteiger partial charge is 0.289 e. The molecule has 0 saturated heterocycles. The van der Waals surface area contributed by atoms with Crippen molar-refractivity contribution >= 4 is 5.91 Å². The normalized spacial score (nSPS) is 14.2. The van der Waals surface area contributed by atoms with Crippen molar-refractivity contribution in [2.45, 2.75) is 39.2 Å². The minimum Gasteiger partial charge on any atom is -0.443 e. The summed E-state index contributed by atoms with van der Waals surface area (Å²) in [5, 5.41) is 9.65. The number of aryl methyl sites for hydroxylation is 1. The lowest BCUT2D eigenvalue weighted by Crippen LogP contribution is -2.33. The van der Waals surface area contributed by atoms with E-state index in [0.29, 0.717) is 43.1 Å². The van der Waals surface area contributed by atoms with Crippen LogP contribution in [0.15, 0.2) is 21.3 Å². The second-order valence-electron chi connectivity index (χ2n) is 7.21. The standard InChI is InChI=1S/C20H23N3O4/c1-13-21-16-9-12-23(11-8-15(16)18(24)22(13)4)19(25)17-6-5-14(27-17)7-10-20(2,3)26/h5-6,26H,8-9,11-12H2,1-4H3. The monoisotopic (exact) mass is 369 g/mol. The Hall–Kier alpha value is -2.85. The van der Waals surface area contributed by atoms with Gasteiger partial charge >= 0.3 is 0 Å². The molecule has 0 saturated carbocycles. The molecule has 2 aromatic rings. The van der Waals surface area contributed by atoms with E-state index in [4.69, 9.17) is 4.42 Å². The number of nitrogens with zero attached hydrogens (tertiary/aromatic N) is 3. The number of fused-ring (bicyclic) bond motifs is 1. The van der Waals surface area contributed by atoms with E-state index in [0.717, 1.165) is 5.69 Å². The highest BCUT2D eigenvalue weighted by atomic mass is 16.4. The van der Waals surface area contributed by atoms with E-state index in [1.165, 1.54) is 4.57 Å². The molecule has 2 aromatic heterocycles. The fourth-order valence-electron chi connectivity index (χ4n) is 2.96. The number of hydrogen-bond donors (Lipinski definition) is 1. The van der Waals surface area contributed by atoms with Crippen molar-refractivity contribution in [2.75, 3.05) is 13.1 Å². The van der Waals surface area contributed by atoms with Crippen LogP contribution in [-0.2, 0) is 19.9 Å². The number of furan rings is 1. The van der Waals surface area contributed by atoms with Gasteiger partial charge in [0.05, 0.1) is 5.69 Å². The minimum absolute atomic E-state index is 0.0472. The van der Waals surface area contributed by atoms with Gasteiger partial charge in [-0.3, -0.25) is 14.2 Å². The van der Waals surface area contributed by atoms with Crippen LogP contribution >= 0.6 is 0 Å². The fraction of sp³-hybridized carbons (Fsp3) is 0.450. The third kappa shape index (κ3) is 4.12. The summed E-state index contributed by atoms with van der Waals surface area (Å²) in [6, 6.07) is 3.19. The first-order chi connectivity index (χ1) is 12.7. The van der Waals surface area contributed by atoms with Gasteiger partial charge in [-0.05, 0) is 45.2 Å². The van der Waals surface area contributed by atoms with Crippen LogP contribution in [0.1, 0.15) is 47.2 Å². The van der Waals surface area contributed by atoms with Gasteiger partial charge in [0.25, 0.3) is 11.5 Å². The highest BCUT2D eigenvalue weighted by Crippen LogP contribution is 2.16. The summed E-state index contributed by atoms with van der Waals surface area (Å²) in [5.74, 6) is 6.31. The first-order valence-electron chi connectivity index (χ1n) is 8.86. The number of aromatic nitrogens is 2. The number of hydrogen-bond acceptors (Lipinski definition) is 5. The predicted molar refractivity (Wildman–Crippen MR) is 99.4 cm³/mol. The second-order valence-corrected chi connectivity index (χ2v) is 7.21. The van der Waals surface area contributed by atoms with Crippen LogP contribution in [0.2, 0.25) is 0 Å². The molecule has 1 aliphatic rings. The number of rotatable bonds is 1. The Morgan fingerprint density at radius 2 is 2.00 bits per heavy atom. The molecule has 0 aromatic carbocycles. The molecule has 0 unspecified atom stereocenters. The van der Waals surface area contributed by atoms with Crippen LogP contribution in [-0.4, -0.2) is 44.2 Å². The molecular weight excluding hydrogens is 346 g/mol. The third-order valence-corrected chi connectivity index (χ3v) is 4.54. The quantitative estimate of drug-likeness (QED) is 0.759. The number of amides is 1. The molecule has 1 N–H and O–H groups in total. The summed E-state index contributed by atoms with van der Waals surface area (Å²) in [6.07, 6.45) is 0.997. The number of aliphatic hydroxyl groups is 1. The lowest BCUT2D eigenvalue weighted by molar-refractivity contribution is 0.0730. The Labute approximate surface area is 157 Å². The van der Waals surface area contributed by atoms with E-state index in [-0.39, 0.29) is 17.2 Å². The van der Waals surface area contributed by atoms with Crippen LogP contribution in [0.4, 0.5) is 0 Å². The van der Waals surface area contributed by atoms with E-state index in [1.807, 2.05) is 0 Å². The summed E-state index contributed by atoms with van der Waals surface area (Å²) >= 11 is 0. The molecule has 0 radical (unpaired) electrons. The third-order valence-electron chi connectivity index (χ3n) is 4.54. The van der Waals surface area contributed by atoms with Gasteiger partial charge in [0.1, 0.15) is 11.4 Å². The van der Waals surface area contributed by atoms with E-state index < -0.39 is 5.60 Å². The van der Waals surface area contributed by atoms with Gasteiger partial charge in [0.15, 0.2) is 11.5 Å². The Morgan fingerprint density at radius 1 is 1.30 bits per heavy atom. The maximum absolute atomic E-state index is 12.8. The topological polar surface area (TPSA) is 88.6 Å². The molecular formula is C20H23N3O4. The van der Waals surface area contributed by atoms with Gasteiger partial charge in [0, 0.05) is 32.1 Å². The molecule has 142 valence electrons. The molecule has 0 bridgehead atoms. The van der Waals surface area contributed by atoms with Crippen LogP contribution in [0, 0.1) is 18.8 Å². The fourth-order valence-corrected chi connectivity index (χ4v) is 2.96. The molecule has 0 spiro atoms. The van der Waals surface area contributed by atoms with Gasteiger partial charge in [-0.15, -0.1) is 0 Å². The number of carbonyl (C=O) groups excluding carboxylic acids is 1. The highest BCUT2D eigenvalue weighted by molar-refractivity contribution is 5.91. The molecule has 0 aliphatic carbocycles. The van der Waals surface area contributed by atoms with E-state index >= 15 is 0 Å². The molecule has 7 nitrogen and oxygen atoms in total. The van der Waals surface area contributed by atoms with Gasteiger partial charge in [-0.25, -0.2) is 4.98 Å². The summed E-state index contributed by atoms with van der Waals surface area (Å²) in [4.78, 5) is 31.4. The molecule has 3 heterocycles. The first-order valence-corrected chi connectivity index (χ1v) is 8.86. The van der Waals surface area contributed by atoms with Gasteiger partial charge in [-0.2, -0.15) is 0 Å². The second kappa shape index (κ2) is 7.05. The van der Waals surface area contributed by atoms with Crippen molar-refractivity contribution in [3.8, 4) is 11.8 Å². The molecule has 3 rings (SSSR count). The first kappa shape index (κ1) is 18.9. The van der Waals surface area contributed by atoms with Crippen LogP contribution in [0.3, 0.4) is 0 Å². The van der Waals surface area contributed by atoms with Gasteiger partial charge in [-0.1, -0.05) is 5.92 Å². The van der Waals surface area contributed by atoms with Crippen LogP contribution in [0.25, 0.3) is 0 Å². The van der Waals surface area contributed by atoms with E-state index in [1.54, 1.807) is 44.9 Å². The van der Waals surface area contributed by atoms with Crippen molar-refractivity contribution in [1.82, 2.24) is 14.5 Å². The maximum Gasteiger partial charge on any atom is 0.289 e. The summed E-state index contributed by atoms with van der Waals surface area (Å²) < 4.78 is 7.05. The Balaban J connectivity index is 1.78. The van der Waals surface area contributed by atoms with Crippen molar-refractivity contribution in [2.24, 2.45) is 7.05 Å². The zero-order valence-corrected chi connectivity index (χ0v) is 16.0. The summed E-state index contributed by atoms with van der Waals surface area (Å²) in [6.45, 7) is 5.84. The van der Waals surface area contributed by atoms with Crippen molar-refractivity contribution in [3.63, 3.8) is 0 Å². The molecule has 0 atom stereocenters. The predicted octanol–water partition coefficient (Wildman–Crippen LogP) is 1.05. The lowest BCUT2D eigenvalue weighted by atomic mass is 10.1. The Kier molecular flexibility index (Phi) is 4.94. The van der Waals surface area contributed by atoms with Crippen molar-refractivity contribution in [3.05, 3.63) is 51.1 Å². The zero-order chi connectivity index (χ0) is 19.8. The molecule has 27 heavy (non-hydrogen) atoms. The maximum atomic E-state index is 12.8. The van der Waals surface area contributed by atoms with Crippen molar-refractivity contribution in [1.29, 1.82) is 0 Å². The summed E-state index contributed by atoms with van der Waals surface area (Å²) in [5.41, 5.74) is 0.260. The zero-order valence-electron chi connectivity index (χ0n) is 16.0. The Morgan fingerprint density at radius 3 is 2.70 bits per heavy atom. The Bertz CT molecular complexity index is 999. The molecule has 7 heteroatoms. The summed E-state index contributed by atoms with van der Waals surface area (Å²) in [7, 11) is 1.71. The van der Waals surface area contributed by atoms with E-state index in [2.05, 4.69) is 16.8 Å². The molecule has 1 amide bonds. The minimum atomic E-state index is -1.13. The van der Waals surface area contributed by atoms with Gasteiger partial charge in [0.2, 0.25) is 0 Å². The molecule has 0 fully saturated rings. The largest absolute Gasteiger partial charge is 0.443 e. The molecule has 1 aliphatic heterocycles. The average Bonchev–Trinajstić information content (AvgIpc) is 2.98. The average molecular weight is 369 g/mol. The van der Waals surface area contributed by atoms with Crippen LogP contribution in [0.5, 0.6) is 0 Å². The lowest BCUT2D eigenvalue weighted by Gasteiger charge is -2.18. The van der Waals surface area contributed by atoms with Gasteiger partial charge < -0.3 is 14.4 Å². The SMILES string of the molecule is Cc1nc2c(c(=O)n1C)CCN(C(=O)c1ccc(C#CC(C)(C)O)o1)CC2. The van der Waals surface area contributed by atoms with E-state index in [9.17, 15) is 14.7 Å². The van der Waals surface area contributed by atoms with Crippen molar-refractivity contribution < 1.29 is 14.3 Å². The highest BCUT2D eigenvalue weighted by Gasteiger charge is 2.24.